The Hall–Kier alpha value is -2.36. The molecule has 0 saturated carbocycles. The monoisotopic (exact) mass is 254 g/mol. The lowest BCUT2D eigenvalue weighted by Crippen LogP contribution is -2.13. The molecule has 1 aromatic carbocycles. The molecular weight excluding hydrogens is 240 g/mol. The van der Waals surface area contributed by atoms with E-state index in [1.807, 2.05) is 37.3 Å². The number of hydrogen-bond donors (Lipinski definition) is 0. The number of para-hydroxylation sites is 1. The maximum atomic E-state index is 12.1. The first-order valence-corrected chi connectivity index (χ1v) is 6.26. The van der Waals surface area contributed by atoms with E-state index in [0.29, 0.717) is 12.3 Å². The first-order chi connectivity index (χ1) is 9.24. The highest BCUT2D eigenvalue weighted by atomic mass is 16.5. The van der Waals surface area contributed by atoms with E-state index < -0.39 is 0 Å². The molecule has 96 valence electrons. The second-order valence-electron chi connectivity index (χ2n) is 4.38. The lowest BCUT2D eigenvalue weighted by molar-refractivity contribution is 0.156. The smallest absolute Gasteiger partial charge is 0.420 e. The minimum absolute atomic E-state index is 0.346. The number of ether oxygens (including phenoxy) is 1. The van der Waals surface area contributed by atoms with Gasteiger partial charge in [-0.1, -0.05) is 18.2 Å². The summed E-state index contributed by atoms with van der Waals surface area (Å²) in [7, 11) is 0. The molecule has 0 fully saturated rings. The van der Waals surface area contributed by atoms with Crippen molar-refractivity contribution in [1.82, 2.24) is 9.55 Å². The third-order valence-corrected chi connectivity index (χ3v) is 3.22. The number of fused-ring (bicyclic) bond motifs is 3. The van der Waals surface area contributed by atoms with E-state index in [0.717, 1.165) is 21.9 Å². The summed E-state index contributed by atoms with van der Waals surface area (Å²) < 4.78 is 6.67. The number of pyridine rings is 1. The van der Waals surface area contributed by atoms with Crippen LogP contribution < -0.4 is 0 Å². The fourth-order valence-corrected chi connectivity index (χ4v) is 2.41. The molecule has 0 unspecified atom stereocenters. The van der Waals surface area contributed by atoms with Crippen LogP contribution in [0.3, 0.4) is 0 Å². The Labute approximate surface area is 110 Å². The summed E-state index contributed by atoms with van der Waals surface area (Å²) in [6.07, 6.45) is 1.33. The summed E-state index contributed by atoms with van der Waals surface area (Å²) >= 11 is 0. The molecule has 2 aromatic heterocycles. The Bertz CT molecular complexity index is 774. The van der Waals surface area contributed by atoms with E-state index in [1.165, 1.54) is 0 Å². The minimum Gasteiger partial charge on any atom is -0.449 e. The van der Waals surface area contributed by atoms with Crippen LogP contribution in [0.15, 0.2) is 36.5 Å². The molecule has 0 aliphatic heterocycles. The van der Waals surface area contributed by atoms with Gasteiger partial charge in [0.25, 0.3) is 0 Å². The van der Waals surface area contributed by atoms with Crippen LogP contribution in [0, 0.1) is 6.92 Å². The highest BCUT2D eigenvalue weighted by molar-refractivity contribution is 6.12. The van der Waals surface area contributed by atoms with Crippen LogP contribution in [-0.4, -0.2) is 22.3 Å². The van der Waals surface area contributed by atoms with Crippen LogP contribution >= 0.6 is 0 Å². The first-order valence-electron chi connectivity index (χ1n) is 6.26. The van der Waals surface area contributed by atoms with Crippen molar-refractivity contribution in [3.8, 4) is 0 Å². The molecule has 4 nitrogen and oxygen atoms in total. The summed E-state index contributed by atoms with van der Waals surface area (Å²) in [5.41, 5.74) is 2.58. The van der Waals surface area contributed by atoms with Crippen molar-refractivity contribution in [3.05, 3.63) is 42.1 Å². The molecule has 0 N–H and O–H groups in total. The zero-order valence-electron chi connectivity index (χ0n) is 10.9. The molecule has 19 heavy (non-hydrogen) atoms. The number of hydrogen-bond acceptors (Lipinski definition) is 3. The number of carbonyl (C=O) groups excluding carboxylic acids is 1. The van der Waals surface area contributed by atoms with Gasteiger partial charge in [-0.2, -0.15) is 0 Å². The number of benzene rings is 1. The molecule has 4 heteroatoms. The van der Waals surface area contributed by atoms with Gasteiger partial charge in [0.05, 0.1) is 12.1 Å². The summed E-state index contributed by atoms with van der Waals surface area (Å²) in [6.45, 7) is 4.16. The van der Waals surface area contributed by atoms with Gasteiger partial charge in [0.15, 0.2) is 5.65 Å². The fraction of sp³-hybridized carbons (Fsp3) is 0.200. The maximum Gasteiger partial charge on any atom is 0.420 e. The zero-order chi connectivity index (χ0) is 13.4. The standard InChI is InChI=1S/C15H14N2O2/c1-3-19-15(18)17-12-7-5-4-6-11(12)13-10(2)8-9-16-14(13)17/h4-9H,3H2,1-2H3. The predicted octanol–water partition coefficient (Wildman–Crippen LogP) is 3.50. The van der Waals surface area contributed by atoms with Crippen LogP contribution in [0.1, 0.15) is 12.5 Å². The van der Waals surface area contributed by atoms with Gasteiger partial charge in [-0.25, -0.2) is 14.3 Å². The normalized spacial score (nSPS) is 11.1. The average Bonchev–Trinajstić information content (AvgIpc) is 2.74. The van der Waals surface area contributed by atoms with Crippen LogP contribution in [0.5, 0.6) is 0 Å². The third kappa shape index (κ3) is 1.68. The molecule has 0 spiro atoms. The van der Waals surface area contributed by atoms with E-state index in [1.54, 1.807) is 17.7 Å². The molecule has 0 bridgehead atoms. The third-order valence-electron chi connectivity index (χ3n) is 3.22. The molecule has 3 aromatic rings. The highest BCUT2D eigenvalue weighted by Crippen LogP contribution is 2.29. The SMILES string of the molecule is CCOC(=O)n1c2ccccc2c2c(C)ccnc21. The van der Waals surface area contributed by atoms with Crippen molar-refractivity contribution in [2.24, 2.45) is 0 Å². The molecule has 0 radical (unpaired) electrons. The summed E-state index contributed by atoms with van der Waals surface area (Å²) in [5, 5.41) is 2.03. The lowest BCUT2D eigenvalue weighted by atomic mass is 10.1. The topological polar surface area (TPSA) is 44.1 Å². The molecule has 0 amide bonds. The second kappa shape index (κ2) is 4.39. The van der Waals surface area contributed by atoms with Crippen molar-refractivity contribution >= 4 is 28.0 Å². The Morgan fingerprint density at radius 2 is 2.11 bits per heavy atom. The summed E-state index contributed by atoms with van der Waals surface area (Å²) in [5.74, 6) is 0. The molecular formula is C15H14N2O2. The van der Waals surface area contributed by atoms with Gasteiger partial charge < -0.3 is 4.74 Å². The number of carbonyl (C=O) groups is 1. The average molecular weight is 254 g/mol. The van der Waals surface area contributed by atoms with Crippen LogP contribution in [0.2, 0.25) is 0 Å². The van der Waals surface area contributed by atoms with Gasteiger partial charge in [0.2, 0.25) is 0 Å². The molecule has 0 saturated heterocycles. The Morgan fingerprint density at radius 1 is 1.32 bits per heavy atom. The fourth-order valence-electron chi connectivity index (χ4n) is 2.41. The molecule has 0 aliphatic rings. The van der Waals surface area contributed by atoms with Gasteiger partial charge in [-0.15, -0.1) is 0 Å². The van der Waals surface area contributed by atoms with Gasteiger partial charge in [0, 0.05) is 17.0 Å². The molecule has 2 heterocycles. The maximum absolute atomic E-state index is 12.1. The highest BCUT2D eigenvalue weighted by Gasteiger charge is 2.18. The summed E-state index contributed by atoms with van der Waals surface area (Å²) in [6, 6.07) is 9.73. The minimum atomic E-state index is -0.383. The van der Waals surface area contributed by atoms with Crippen LogP contribution in [-0.2, 0) is 4.74 Å². The van der Waals surface area contributed by atoms with Crippen molar-refractivity contribution in [3.63, 3.8) is 0 Å². The van der Waals surface area contributed by atoms with Gasteiger partial charge in [-0.3, -0.25) is 0 Å². The number of aryl methyl sites for hydroxylation is 1. The van der Waals surface area contributed by atoms with Crippen LogP contribution in [0.25, 0.3) is 21.9 Å². The van der Waals surface area contributed by atoms with Crippen molar-refractivity contribution < 1.29 is 9.53 Å². The van der Waals surface area contributed by atoms with Crippen molar-refractivity contribution in [2.45, 2.75) is 13.8 Å². The number of rotatable bonds is 1. The number of aromatic nitrogens is 2. The first kappa shape index (κ1) is 11.7. The van der Waals surface area contributed by atoms with E-state index in [-0.39, 0.29) is 6.09 Å². The number of nitrogens with zero attached hydrogens (tertiary/aromatic N) is 2. The van der Waals surface area contributed by atoms with Crippen LogP contribution in [0.4, 0.5) is 4.79 Å². The zero-order valence-corrected chi connectivity index (χ0v) is 10.9. The van der Waals surface area contributed by atoms with Crippen molar-refractivity contribution in [1.29, 1.82) is 0 Å². The Morgan fingerprint density at radius 3 is 2.89 bits per heavy atom. The Balaban J connectivity index is 2.46. The second-order valence-corrected chi connectivity index (χ2v) is 4.38. The van der Waals surface area contributed by atoms with E-state index in [9.17, 15) is 4.79 Å². The molecule has 3 rings (SSSR count). The Kier molecular flexibility index (Phi) is 2.71. The van der Waals surface area contributed by atoms with E-state index >= 15 is 0 Å². The van der Waals surface area contributed by atoms with Gasteiger partial charge in [-0.05, 0) is 31.5 Å². The molecule has 0 aliphatic carbocycles. The lowest BCUT2D eigenvalue weighted by Gasteiger charge is -2.04. The predicted molar refractivity (Wildman–Crippen MR) is 74.4 cm³/mol. The van der Waals surface area contributed by atoms with E-state index in [2.05, 4.69) is 4.98 Å². The van der Waals surface area contributed by atoms with Gasteiger partial charge >= 0.3 is 6.09 Å². The molecule has 0 atom stereocenters. The largest absolute Gasteiger partial charge is 0.449 e. The van der Waals surface area contributed by atoms with Gasteiger partial charge in [0.1, 0.15) is 0 Å². The van der Waals surface area contributed by atoms with Crippen molar-refractivity contribution in [2.75, 3.05) is 6.61 Å². The van der Waals surface area contributed by atoms with E-state index in [4.69, 9.17) is 4.74 Å². The quantitative estimate of drug-likeness (QED) is 0.667. The summed E-state index contributed by atoms with van der Waals surface area (Å²) in [4.78, 5) is 16.5.